The Labute approximate surface area is 140 Å². The lowest BCUT2D eigenvalue weighted by atomic mass is 9.82. The molecule has 0 saturated carbocycles. The summed E-state index contributed by atoms with van der Waals surface area (Å²) < 4.78 is 5.13. The van der Waals surface area contributed by atoms with E-state index in [9.17, 15) is 19.5 Å². The number of carbonyl (C=O) groups excluding carboxylic acids is 2. The number of benzene rings is 1. The lowest BCUT2D eigenvalue weighted by Crippen LogP contribution is -2.54. The molecular weight excluding hydrogens is 312 g/mol. The fourth-order valence-electron chi connectivity index (χ4n) is 2.93. The van der Waals surface area contributed by atoms with Crippen molar-refractivity contribution < 1.29 is 24.2 Å². The molecule has 2 atom stereocenters. The SMILES string of the molecule is CC(C)(C)C1[C@H](NC(=O)OCc2ccccc2)C(=O)CN1C(=O)O. The first kappa shape index (κ1) is 17.8. The van der Waals surface area contributed by atoms with Gasteiger partial charge >= 0.3 is 12.2 Å². The summed E-state index contributed by atoms with van der Waals surface area (Å²) in [5.41, 5.74) is 0.312. The zero-order valence-corrected chi connectivity index (χ0v) is 14.0. The van der Waals surface area contributed by atoms with E-state index in [2.05, 4.69) is 5.32 Å². The predicted molar refractivity (Wildman–Crippen MR) is 86.5 cm³/mol. The molecule has 7 nitrogen and oxygen atoms in total. The topological polar surface area (TPSA) is 95.9 Å². The van der Waals surface area contributed by atoms with Gasteiger partial charge in [0.15, 0.2) is 5.78 Å². The Morgan fingerprint density at radius 1 is 1.29 bits per heavy atom. The Morgan fingerprint density at radius 2 is 1.92 bits per heavy atom. The van der Waals surface area contributed by atoms with E-state index >= 15 is 0 Å². The summed E-state index contributed by atoms with van der Waals surface area (Å²) in [7, 11) is 0. The Morgan fingerprint density at radius 3 is 2.46 bits per heavy atom. The predicted octanol–water partition coefficient (Wildman–Crippen LogP) is 2.26. The highest BCUT2D eigenvalue weighted by molar-refractivity contribution is 5.94. The molecule has 0 bridgehead atoms. The van der Waals surface area contributed by atoms with Crippen LogP contribution in [0.2, 0.25) is 0 Å². The van der Waals surface area contributed by atoms with Crippen molar-refractivity contribution in [1.29, 1.82) is 0 Å². The van der Waals surface area contributed by atoms with E-state index in [1.165, 1.54) is 0 Å². The molecule has 0 aliphatic carbocycles. The summed E-state index contributed by atoms with van der Waals surface area (Å²) >= 11 is 0. The number of carboxylic acid groups (broad SMARTS) is 1. The van der Waals surface area contributed by atoms with Gasteiger partial charge in [0.25, 0.3) is 0 Å². The molecule has 1 heterocycles. The molecule has 0 radical (unpaired) electrons. The smallest absolute Gasteiger partial charge is 0.408 e. The van der Waals surface area contributed by atoms with Gasteiger partial charge in [-0.1, -0.05) is 51.1 Å². The summed E-state index contributed by atoms with van der Waals surface area (Å²) in [6.07, 6.45) is -1.91. The van der Waals surface area contributed by atoms with E-state index in [0.717, 1.165) is 10.5 Å². The number of nitrogens with zero attached hydrogens (tertiary/aromatic N) is 1. The van der Waals surface area contributed by atoms with Crippen LogP contribution in [0.1, 0.15) is 26.3 Å². The number of hydrogen-bond donors (Lipinski definition) is 2. The molecule has 1 unspecified atom stereocenters. The molecule has 2 amide bonds. The van der Waals surface area contributed by atoms with Crippen molar-refractivity contribution >= 4 is 18.0 Å². The number of Topliss-reactive ketones (excluding diaryl/α,β-unsaturated/α-hetero) is 1. The molecule has 2 rings (SSSR count). The van der Waals surface area contributed by atoms with Gasteiger partial charge in [-0.3, -0.25) is 9.69 Å². The van der Waals surface area contributed by atoms with Crippen molar-refractivity contribution in [3.05, 3.63) is 35.9 Å². The van der Waals surface area contributed by atoms with Crippen molar-refractivity contribution in [3.8, 4) is 0 Å². The molecule has 7 heteroatoms. The van der Waals surface area contributed by atoms with Crippen molar-refractivity contribution in [2.45, 2.75) is 39.5 Å². The van der Waals surface area contributed by atoms with Gasteiger partial charge in [0, 0.05) is 0 Å². The van der Waals surface area contributed by atoms with Gasteiger partial charge in [0.1, 0.15) is 12.6 Å². The number of ether oxygens (including phenoxy) is 1. The number of carbonyl (C=O) groups is 3. The number of likely N-dealkylation sites (tertiary alicyclic amines) is 1. The van der Waals surface area contributed by atoms with Gasteiger partial charge in [-0.2, -0.15) is 0 Å². The summed E-state index contributed by atoms with van der Waals surface area (Å²) in [5, 5.41) is 11.8. The van der Waals surface area contributed by atoms with Gasteiger partial charge in [0.2, 0.25) is 0 Å². The highest BCUT2D eigenvalue weighted by atomic mass is 16.5. The first-order valence-corrected chi connectivity index (χ1v) is 7.69. The number of alkyl carbamates (subject to hydrolysis) is 1. The molecule has 2 N–H and O–H groups in total. The third-order valence-electron chi connectivity index (χ3n) is 3.94. The van der Waals surface area contributed by atoms with E-state index in [0.29, 0.717) is 0 Å². The Hall–Kier alpha value is -2.57. The van der Waals surface area contributed by atoms with Crippen molar-refractivity contribution in [2.75, 3.05) is 6.54 Å². The van der Waals surface area contributed by atoms with E-state index in [1.807, 2.05) is 51.1 Å². The fourth-order valence-corrected chi connectivity index (χ4v) is 2.93. The van der Waals surface area contributed by atoms with Crippen LogP contribution in [-0.2, 0) is 16.1 Å². The number of ketones is 1. The van der Waals surface area contributed by atoms with Crippen LogP contribution in [0.15, 0.2) is 30.3 Å². The Kier molecular flexibility index (Phi) is 5.11. The Balaban J connectivity index is 2.04. The second-order valence-electron chi connectivity index (χ2n) is 6.87. The minimum atomic E-state index is -1.18. The highest BCUT2D eigenvalue weighted by Crippen LogP contribution is 2.31. The first-order valence-electron chi connectivity index (χ1n) is 7.69. The first-order chi connectivity index (χ1) is 11.2. The maximum Gasteiger partial charge on any atom is 0.408 e. The zero-order chi connectivity index (χ0) is 17.9. The highest BCUT2D eigenvalue weighted by Gasteiger charge is 2.49. The normalized spacial score (nSPS) is 20.8. The number of amides is 2. The minimum Gasteiger partial charge on any atom is -0.465 e. The molecule has 1 aromatic carbocycles. The lowest BCUT2D eigenvalue weighted by molar-refractivity contribution is -0.118. The number of rotatable bonds is 3. The molecule has 0 aromatic heterocycles. The third-order valence-corrected chi connectivity index (χ3v) is 3.94. The van der Waals surface area contributed by atoms with Gasteiger partial charge in [-0.15, -0.1) is 0 Å². The molecule has 1 aliphatic heterocycles. The van der Waals surface area contributed by atoms with Crippen LogP contribution >= 0.6 is 0 Å². The van der Waals surface area contributed by atoms with Gasteiger partial charge in [-0.25, -0.2) is 9.59 Å². The van der Waals surface area contributed by atoms with Crippen LogP contribution in [-0.4, -0.2) is 46.6 Å². The lowest BCUT2D eigenvalue weighted by Gasteiger charge is -2.35. The standard InChI is InChI=1S/C17H22N2O5/c1-17(2,3)14-13(12(20)9-19(14)16(22)23)18-15(21)24-10-11-7-5-4-6-8-11/h4-8,13-14H,9-10H2,1-3H3,(H,18,21)(H,22,23)/t13-,14?/m1/s1. The summed E-state index contributed by atoms with van der Waals surface area (Å²) in [5.74, 6) is -0.339. The quantitative estimate of drug-likeness (QED) is 0.884. The fraction of sp³-hybridized carbons (Fsp3) is 0.471. The van der Waals surface area contributed by atoms with Crippen molar-refractivity contribution in [3.63, 3.8) is 0 Å². The number of hydrogen-bond acceptors (Lipinski definition) is 4. The van der Waals surface area contributed by atoms with Crippen LogP contribution in [0, 0.1) is 5.41 Å². The summed E-state index contributed by atoms with van der Waals surface area (Å²) in [4.78, 5) is 36.6. The summed E-state index contributed by atoms with van der Waals surface area (Å²) in [6.45, 7) is 5.33. The van der Waals surface area contributed by atoms with Crippen LogP contribution in [0.25, 0.3) is 0 Å². The summed E-state index contributed by atoms with van der Waals surface area (Å²) in [6, 6.07) is 7.59. The largest absolute Gasteiger partial charge is 0.465 e. The average Bonchev–Trinajstić information content (AvgIpc) is 2.83. The van der Waals surface area contributed by atoms with Crippen LogP contribution in [0.5, 0.6) is 0 Å². The monoisotopic (exact) mass is 334 g/mol. The second kappa shape index (κ2) is 6.90. The average molecular weight is 334 g/mol. The van der Waals surface area contributed by atoms with E-state index in [-0.39, 0.29) is 18.9 Å². The molecule has 1 fully saturated rings. The van der Waals surface area contributed by atoms with E-state index in [1.54, 1.807) is 0 Å². The molecule has 0 spiro atoms. The Bertz CT molecular complexity index is 624. The van der Waals surface area contributed by atoms with Gasteiger partial charge in [-0.05, 0) is 11.0 Å². The maximum atomic E-state index is 12.2. The molecular formula is C17H22N2O5. The molecule has 130 valence electrons. The minimum absolute atomic E-state index is 0.0798. The second-order valence-corrected chi connectivity index (χ2v) is 6.87. The van der Waals surface area contributed by atoms with Crippen molar-refractivity contribution in [2.24, 2.45) is 5.41 Å². The van der Waals surface area contributed by atoms with Crippen LogP contribution < -0.4 is 5.32 Å². The molecule has 1 saturated heterocycles. The molecule has 1 aromatic rings. The third kappa shape index (κ3) is 4.04. The molecule has 1 aliphatic rings. The zero-order valence-electron chi connectivity index (χ0n) is 14.0. The maximum absolute atomic E-state index is 12.2. The number of nitrogens with one attached hydrogen (secondary N) is 1. The van der Waals surface area contributed by atoms with E-state index < -0.39 is 29.7 Å². The van der Waals surface area contributed by atoms with Gasteiger partial charge in [0.05, 0.1) is 12.6 Å². The van der Waals surface area contributed by atoms with Gasteiger partial charge < -0.3 is 15.2 Å². The van der Waals surface area contributed by atoms with E-state index in [4.69, 9.17) is 4.74 Å². The van der Waals surface area contributed by atoms with Crippen LogP contribution in [0.3, 0.4) is 0 Å². The van der Waals surface area contributed by atoms with Crippen molar-refractivity contribution in [1.82, 2.24) is 10.2 Å². The molecule has 24 heavy (non-hydrogen) atoms. The van der Waals surface area contributed by atoms with Crippen LogP contribution in [0.4, 0.5) is 9.59 Å².